The fourth-order valence-electron chi connectivity index (χ4n) is 1.27. The van der Waals surface area contributed by atoms with E-state index in [2.05, 4.69) is 13.5 Å². The van der Waals surface area contributed by atoms with Crippen LogP contribution in [0.4, 0.5) is 0 Å². The first kappa shape index (κ1) is 17.0. The monoisotopic (exact) mass is 276 g/mol. The molecule has 0 aromatic heterocycles. The number of halogens is 1. The predicted octanol–water partition coefficient (Wildman–Crippen LogP) is 3.18. The Labute approximate surface area is 113 Å². The Hall–Kier alpha value is -1.03. The van der Waals surface area contributed by atoms with Crippen LogP contribution in [0.2, 0.25) is 0 Å². The molecule has 0 heterocycles. The first-order valence-corrected chi connectivity index (χ1v) is 6.54. The van der Waals surface area contributed by atoms with Gasteiger partial charge in [0.1, 0.15) is 6.61 Å². The van der Waals surface area contributed by atoms with E-state index in [1.165, 1.54) is 6.92 Å². The lowest BCUT2D eigenvalue weighted by Gasteiger charge is -2.12. The summed E-state index contributed by atoms with van der Waals surface area (Å²) in [7, 11) is 0. The Balaban J connectivity index is 3.77. The van der Waals surface area contributed by atoms with E-state index in [4.69, 9.17) is 21.1 Å². The topological polar surface area (TPSA) is 52.6 Å². The average molecular weight is 277 g/mol. The van der Waals surface area contributed by atoms with Crippen molar-refractivity contribution in [1.29, 1.82) is 0 Å². The van der Waals surface area contributed by atoms with E-state index in [1.54, 1.807) is 0 Å². The van der Waals surface area contributed by atoms with Crippen molar-refractivity contribution < 1.29 is 19.1 Å². The quantitative estimate of drug-likeness (QED) is 0.479. The smallest absolute Gasteiger partial charge is 0.347 e. The van der Waals surface area contributed by atoms with Crippen LogP contribution in [0.3, 0.4) is 0 Å². The van der Waals surface area contributed by atoms with Crippen LogP contribution in [0, 0.1) is 0 Å². The molecule has 0 fully saturated rings. The van der Waals surface area contributed by atoms with E-state index in [9.17, 15) is 9.59 Å². The van der Waals surface area contributed by atoms with Crippen molar-refractivity contribution in [1.82, 2.24) is 0 Å². The van der Waals surface area contributed by atoms with Gasteiger partial charge < -0.3 is 9.47 Å². The molecule has 0 aliphatic heterocycles. The van der Waals surface area contributed by atoms with Crippen LogP contribution in [0.25, 0.3) is 0 Å². The summed E-state index contributed by atoms with van der Waals surface area (Å²) in [6, 6.07) is 0. The first-order valence-electron chi connectivity index (χ1n) is 6.16. The van der Waals surface area contributed by atoms with E-state index in [1.807, 2.05) is 0 Å². The second kappa shape index (κ2) is 9.95. The number of esters is 2. The number of carbonyl (C=O) groups excluding carboxylic acids is 2. The highest BCUT2D eigenvalue weighted by Gasteiger charge is 2.18. The Bertz CT molecular complexity index is 289. The van der Waals surface area contributed by atoms with E-state index in [0.29, 0.717) is 6.42 Å². The summed E-state index contributed by atoms with van der Waals surface area (Å²) in [5.41, 5.74) is 0. The van der Waals surface area contributed by atoms with Gasteiger partial charge >= 0.3 is 11.9 Å². The van der Waals surface area contributed by atoms with E-state index >= 15 is 0 Å². The lowest BCUT2D eigenvalue weighted by molar-refractivity contribution is -0.165. The highest BCUT2D eigenvalue weighted by molar-refractivity contribution is 6.29. The Morgan fingerprint density at radius 1 is 1.28 bits per heavy atom. The molecule has 0 aliphatic rings. The van der Waals surface area contributed by atoms with Crippen molar-refractivity contribution >= 4 is 23.5 Å². The van der Waals surface area contributed by atoms with Crippen LogP contribution in [-0.2, 0) is 19.1 Å². The number of hydrogen-bond donors (Lipinski definition) is 0. The third-order valence-electron chi connectivity index (χ3n) is 2.25. The highest BCUT2D eigenvalue weighted by Crippen LogP contribution is 2.06. The minimum atomic E-state index is -0.903. The van der Waals surface area contributed by atoms with E-state index < -0.39 is 12.1 Å². The Morgan fingerprint density at radius 2 is 1.94 bits per heavy atom. The largest absolute Gasteiger partial charge is 0.457 e. The zero-order valence-electron chi connectivity index (χ0n) is 11.0. The fourth-order valence-corrected chi connectivity index (χ4v) is 1.32. The van der Waals surface area contributed by atoms with Gasteiger partial charge in [-0.05, 0) is 13.3 Å². The molecule has 0 N–H and O–H groups in total. The summed E-state index contributed by atoms with van der Waals surface area (Å²) in [6.07, 6.45) is 3.42. The molecule has 0 saturated carbocycles. The van der Waals surface area contributed by atoms with Crippen molar-refractivity contribution in [3.8, 4) is 0 Å². The maximum absolute atomic E-state index is 11.4. The van der Waals surface area contributed by atoms with Crippen molar-refractivity contribution in [3.05, 3.63) is 11.6 Å². The normalized spacial score (nSPS) is 11.7. The second-order valence-electron chi connectivity index (χ2n) is 4.07. The van der Waals surface area contributed by atoms with Crippen LogP contribution >= 0.6 is 11.6 Å². The molecule has 0 aromatic carbocycles. The van der Waals surface area contributed by atoms with Gasteiger partial charge in [-0.3, -0.25) is 4.79 Å². The van der Waals surface area contributed by atoms with Gasteiger partial charge in [-0.15, -0.1) is 0 Å². The van der Waals surface area contributed by atoms with Crippen LogP contribution in [0.5, 0.6) is 0 Å². The van der Waals surface area contributed by atoms with Crippen LogP contribution in [0.15, 0.2) is 11.6 Å². The van der Waals surface area contributed by atoms with Crippen molar-refractivity contribution in [3.63, 3.8) is 0 Å². The van der Waals surface area contributed by atoms with Gasteiger partial charge in [-0.1, -0.05) is 44.4 Å². The molecule has 0 bridgehead atoms. The van der Waals surface area contributed by atoms with Crippen LogP contribution < -0.4 is 0 Å². The van der Waals surface area contributed by atoms with Gasteiger partial charge in [-0.25, -0.2) is 4.79 Å². The average Bonchev–Trinajstić information content (AvgIpc) is 2.31. The lowest BCUT2D eigenvalue weighted by Crippen LogP contribution is -2.26. The highest BCUT2D eigenvalue weighted by atomic mass is 35.5. The molecule has 0 radical (unpaired) electrons. The Kier molecular flexibility index (Phi) is 9.38. The molecule has 1 unspecified atom stereocenters. The number of hydrogen-bond acceptors (Lipinski definition) is 4. The zero-order valence-corrected chi connectivity index (χ0v) is 11.8. The first-order chi connectivity index (χ1) is 8.47. The molecule has 1 atom stereocenters. The Morgan fingerprint density at radius 3 is 2.50 bits per heavy atom. The second-order valence-corrected chi connectivity index (χ2v) is 4.60. The van der Waals surface area contributed by atoms with Gasteiger partial charge in [0.2, 0.25) is 0 Å². The van der Waals surface area contributed by atoms with Gasteiger partial charge in [0.15, 0.2) is 6.10 Å². The minimum Gasteiger partial charge on any atom is -0.457 e. The van der Waals surface area contributed by atoms with Crippen LogP contribution in [0.1, 0.15) is 46.0 Å². The molecule has 0 aliphatic carbocycles. The summed E-state index contributed by atoms with van der Waals surface area (Å²) in [5.74, 6) is -0.987. The molecule has 4 nitrogen and oxygen atoms in total. The van der Waals surface area contributed by atoms with Crippen molar-refractivity contribution in [2.75, 3.05) is 6.61 Å². The minimum absolute atomic E-state index is 0.0707. The molecule has 5 heteroatoms. The molecule has 0 amide bonds. The van der Waals surface area contributed by atoms with E-state index in [-0.39, 0.29) is 17.6 Å². The summed E-state index contributed by atoms with van der Waals surface area (Å²) in [5, 5.41) is 0.224. The molecule has 18 heavy (non-hydrogen) atoms. The molecular weight excluding hydrogens is 256 g/mol. The maximum Gasteiger partial charge on any atom is 0.347 e. The number of rotatable bonds is 9. The van der Waals surface area contributed by atoms with Crippen LogP contribution in [-0.4, -0.2) is 24.6 Å². The molecular formula is C13H21ClO4. The number of unbranched alkanes of at least 4 members (excludes halogenated alkanes) is 3. The van der Waals surface area contributed by atoms with E-state index in [0.717, 1.165) is 25.7 Å². The van der Waals surface area contributed by atoms with Gasteiger partial charge in [0.25, 0.3) is 0 Å². The standard InChI is InChI=1S/C13H21ClO4/c1-4-5-6-7-8-12(15)18-11(3)13(16)17-9-10(2)14/h11H,2,4-9H2,1,3H3. The van der Waals surface area contributed by atoms with Gasteiger partial charge in [-0.2, -0.15) is 0 Å². The number of carbonyl (C=O) groups is 2. The molecule has 0 spiro atoms. The summed E-state index contributed by atoms with van der Waals surface area (Å²) in [6.45, 7) is 6.89. The predicted molar refractivity (Wildman–Crippen MR) is 70.3 cm³/mol. The summed E-state index contributed by atoms with van der Waals surface area (Å²) < 4.78 is 9.70. The van der Waals surface area contributed by atoms with Gasteiger partial charge in [0, 0.05) is 11.5 Å². The fraction of sp³-hybridized carbons (Fsp3) is 0.692. The van der Waals surface area contributed by atoms with Crippen molar-refractivity contribution in [2.24, 2.45) is 0 Å². The SMILES string of the molecule is C=C(Cl)COC(=O)C(C)OC(=O)CCCCCC. The zero-order chi connectivity index (χ0) is 14.0. The summed E-state index contributed by atoms with van der Waals surface area (Å²) >= 11 is 5.45. The molecule has 0 rings (SSSR count). The third-order valence-corrected chi connectivity index (χ3v) is 2.35. The molecule has 0 saturated heterocycles. The molecule has 104 valence electrons. The maximum atomic E-state index is 11.4. The van der Waals surface area contributed by atoms with Crippen molar-refractivity contribution in [2.45, 2.75) is 52.1 Å². The number of ether oxygens (including phenoxy) is 2. The lowest BCUT2D eigenvalue weighted by atomic mass is 10.1. The summed E-state index contributed by atoms with van der Waals surface area (Å²) in [4.78, 5) is 22.7. The third kappa shape index (κ3) is 9.05. The molecule has 0 aromatic rings. The van der Waals surface area contributed by atoms with Gasteiger partial charge in [0.05, 0.1) is 0 Å².